The van der Waals surface area contributed by atoms with E-state index in [1.807, 2.05) is 0 Å². The van der Waals surface area contributed by atoms with Crippen LogP contribution in [0.5, 0.6) is 5.75 Å². The number of benzene rings is 1. The van der Waals surface area contributed by atoms with Crippen LogP contribution in [-0.4, -0.2) is 5.11 Å². The molecule has 10 heavy (non-hydrogen) atoms. The summed E-state index contributed by atoms with van der Waals surface area (Å²) in [4.78, 5) is 0. The van der Waals surface area contributed by atoms with Crippen LogP contribution in [0.4, 0.5) is 15.8 Å². The molecule has 1 aromatic rings. The molecule has 3 nitrogen and oxygen atoms in total. The normalized spacial score (nSPS) is 9.70. The number of phenolic OH excluding ortho intramolecular Hbond substituents is 1. The van der Waals surface area contributed by atoms with Gasteiger partial charge in [-0.05, 0) is 0 Å². The molecule has 0 aliphatic rings. The zero-order valence-corrected chi connectivity index (χ0v) is 5.13. The van der Waals surface area contributed by atoms with E-state index in [0.717, 1.165) is 12.1 Å². The molecule has 0 aromatic heterocycles. The second-order valence-electron chi connectivity index (χ2n) is 1.94. The number of hydrogen-bond donors (Lipinski definition) is 3. The third-order valence-electron chi connectivity index (χ3n) is 1.11. The van der Waals surface area contributed by atoms with Gasteiger partial charge in [-0.3, -0.25) is 0 Å². The van der Waals surface area contributed by atoms with Gasteiger partial charge in [0.15, 0.2) is 5.82 Å². The van der Waals surface area contributed by atoms with Crippen LogP contribution >= 0.6 is 0 Å². The minimum absolute atomic E-state index is 0.128. The highest BCUT2D eigenvalue weighted by Gasteiger charge is 2.03. The second kappa shape index (κ2) is 2.06. The number of hydrogen-bond acceptors (Lipinski definition) is 3. The number of nitrogen functional groups attached to an aromatic ring is 2. The Morgan fingerprint density at radius 1 is 1.20 bits per heavy atom. The van der Waals surface area contributed by atoms with Crippen molar-refractivity contribution in [1.82, 2.24) is 0 Å². The predicted octanol–water partition coefficient (Wildman–Crippen LogP) is 0.696. The van der Waals surface area contributed by atoms with Gasteiger partial charge in [0.2, 0.25) is 0 Å². The molecule has 0 atom stereocenters. The maximum Gasteiger partial charge on any atom is 0.169 e. The molecule has 0 bridgehead atoms. The van der Waals surface area contributed by atoms with E-state index in [1.165, 1.54) is 0 Å². The van der Waals surface area contributed by atoms with E-state index in [9.17, 15) is 4.39 Å². The molecule has 1 rings (SSSR count). The van der Waals surface area contributed by atoms with Crippen LogP contribution in [0.3, 0.4) is 0 Å². The lowest BCUT2D eigenvalue weighted by Crippen LogP contribution is -1.95. The molecule has 0 amide bonds. The molecule has 0 aliphatic carbocycles. The fourth-order valence-electron chi connectivity index (χ4n) is 0.654. The van der Waals surface area contributed by atoms with Gasteiger partial charge in [0.25, 0.3) is 0 Å². The van der Waals surface area contributed by atoms with Crippen LogP contribution < -0.4 is 11.5 Å². The van der Waals surface area contributed by atoms with Crippen LogP contribution in [0.25, 0.3) is 0 Å². The minimum Gasteiger partial charge on any atom is -0.508 e. The summed E-state index contributed by atoms with van der Waals surface area (Å²) in [6.45, 7) is 0. The van der Waals surface area contributed by atoms with E-state index in [4.69, 9.17) is 16.6 Å². The Balaban J connectivity index is 3.31. The first-order chi connectivity index (χ1) is 4.61. The fourth-order valence-corrected chi connectivity index (χ4v) is 0.654. The topological polar surface area (TPSA) is 72.3 Å². The molecule has 54 valence electrons. The van der Waals surface area contributed by atoms with Crippen LogP contribution in [0.15, 0.2) is 12.1 Å². The zero-order valence-electron chi connectivity index (χ0n) is 5.13. The number of rotatable bonds is 0. The molecular formula is C6H7FN2O. The third kappa shape index (κ3) is 0.953. The van der Waals surface area contributed by atoms with Crippen molar-refractivity contribution in [3.63, 3.8) is 0 Å². The predicted molar refractivity (Wildman–Crippen MR) is 36.9 cm³/mol. The van der Waals surface area contributed by atoms with Gasteiger partial charge in [-0.2, -0.15) is 0 Å². The molecular weight excluding hydrogens is 135 g/mol. The third-order valence-corrected chi connectivity index (χ3v) is 1.11. The van der Waals surface area contributed by atoms with Gasteiger partial charge in [-0.1, -0.05) is 0 Å². The molecule has 1 aromatic carbocycles. The van der Waals surface area contributed by atoms with Crippen molar-refractivity contribution in [2.75, 3.05) is 11.5 Å². The average Bonchev–Trinajstić information content (AvgIpc) is 1.82. The van der Waals surface area contributed by atoms with Gasteiger partial charge in [0.05, 0.1) is 11.4 Å². The first-order valence-electron chi connectivity index (χ1n) is 2.64. The van der Waals surface area contributed by atoms with E-state index >= 15 is 0 Å². The average molecular weight is 142 g/mol. The summed E-state index contributed by atoms with van der Waals surface area (Å²) in [6.07, 6.45) is 0. The molecule has 0 unspecified atom stereocenters. The molecule has 0 fully saturated rings. The van der Waals surface area contributed by atoms with Crippen molar-refractivity contribution in [1.29, 1.82) is 0 Å². The van der Waals surface area contributed by atoms with Crippen LogP contribution in [0.1, 0.15) is 0 Å². The summed E-state index contributed by atoms with van der Waals surface area (Å²) in [5.41, 5.74) is 9.93. The van der Waals surface area contributed by atoms with Crippen molar-refractivity contribution < 1.29 is 9.50 Å². The Labute approximate surface area is 57.1 Å². The van der Waals surface area contributed by atoms with E-state index < -0.39 is 5.82 Å². The zero-order chi connectivity index (χ0) is 7.72. The van der Waals surface area contributed by atoms with Crippen molar-refractivity contribution in [3.05, 3.63) is 17.9 Å². The number of aromatic hydroxyl groups is 1. The molecule has 0 saturated carbocycles. The lowest BCUT2D eigenvalue weighted by molar-refractivity contribution is 0.474. The van der Waals surface area contributed by atoms with Gasteiger partial charge < -0.3 is 16.6 Å². The van der Waals surface area contributed by atoms with Crippen molar-refractivity contribution in [3.8, 4) is 5.75 Å². The van der Waals surface area contributed by atoms with Gasteiger partial charge >= 0.3 is 0 Å². The quantitative estimate of drug-likeness (QED) is 0.467. The standard InChI is InChI=1S/C6H7FN2O/c7-6-4(8)1-3(10)2-5(6)9/h1-2,10H,8-9H2. The molecule has 5 N–H and O–H groups in total. The summed E-state index contributed by atoms with van der Waals surface area (Å²) in [6, 6.07) is 2.21. The smallest absolute Gasteiger partial charge is 0.169 e. The Morgan fingerprint density at radius 3 is 2.00 bits per heavy atom. The number of halogens is 1. The van der Waals surface area contributed by atoms with E-state index in [-0.39, 0.29) is 17.1 Å². The first-order valence-corrected chi connectivity index (χ1v) is 2.64. The summed E-state index contributed by atoms with van der Waals surface area (Å²) in [5, 5.41) is 8.79. The lowest BCUT2D eigenvalue weighted by atomic mass is 10.2. The maximum atomic E-state index is 12.5. The second-order valence-corrected chi connectivity index (χ2v) is 1.94. The van der Waals surface area contributed by atoms with E-state index in [0.29, 0.717) is 0 Å². The van der Waals surface area contributed by atoms with Crippen molar-refractivity contribution in [2.45, 2.75) is 0 Å². The molecule has 0 aliphatic heterocycles. The molecule has 0 saturated heterocycles. The first kappa shape index (κ1) is 6.67. The molecule has 0 spiro atoms. The Hall–Kier alpha value is -1.45. The maximum absolute atomic E-state index is 12.5. The van der Waals surface area contributed by atoms with Gasteiger partial charge in [0, 0.05) is 12.1 Å². The Bertz CT molecular complexity index is 239. The largest absolute Gasteiger partial charge is 0.508 e. The molecule has 0 heterocycles. The summed E-state index contributed by atoms with van der Waals surface area (Å²) < 4.78 is 12.5. The van der Waals surface area contributed by atoms with Crippen LogP contribution in [0, 0.1) is 5.82 Å². The highest BCUT2D eigenvalue weighted by molar-refractivity contribution is 5.57. The highest BCUT2D eigenvalue weighted by atomic mass is 19.1. The molecule has 4 heteroatoms. The Morgan fingerprint density at radius 2 is 1.60 bits per heavy atom. The van der Waals surface area contributed by atoms with Gasteiger partial charge in [-0.25, -0.2) is 4.39 Å². The van der Waals surface area contributed by atoms with Crippen LogP contribution in [0.2, 0.25) is 0 Å². The van der Waals surface area contributed by atoms with E-state index in [1.54, 1.807) is 0 Å². The van der Waals surface area contributed by atoms with Gasteiger partial charge in [-0.15, -0.1) is 0 Å². The van der Waals surface area contributed by atoms with Crippen molar-refractivity contribution in [2.24, 2.45) is 0 Å². The Kier molecular flexibility index (Phi) is 1.37. The highest BCUT2D eigenvalue weighted by Crippen LogP contribution is 2.23. The van der Waals surface area contributed by atoms with E-state index in [2.05, 4.69) is 0 Å². The SMILES string of the molecule is Nc1cc(O)cc(N)c1F. The van der Waals surface area contributed by atoms with Crippen molar-refractivity contribution >= 4 is 11.4 Å². The number of nitrogens with two attached hydrogens (primary N) is 2. The van der Waals surface area contributed by atoms with Gasteiger partial charge in [0.1, 0.15) is 5.75 Å². The number of phenols is 1. The summed E-state index contributed by atoms with van der Waals surface area (Å²) >= 11 is 0. The number of anilines is 2. The minimum atomic E-state index is -0.683. The summed E-state index contributed by atoms with van der Waals surface area (Å²) in [5.74, 6) is -0.811. The lowest BCUT2D eigenvalue weighted by Gasteiger charge is -2.00. The summed E-state index contributed by atoms with van der Waals surface area (Å²) in [7, 11) is 0. The van der Waals surface area contributed by atoms with Crippen LogP contribution in [-0.2, 0) is 0 Å². The monoisotopic (exact) mass is 142 g/mol. The fraction of sp³-hybridized carbons (Fsp3) is 0. The molecule has 0 radical (unpaired) electrons.